The van der Waals surface area contributed by atoms with Crippen molar-refractivity contribution >= 4 is 11.8 Å². The van der Waals surface area contributed by atoms with Gasteiger partial charge in [-0.25, -0.2) is 0 Å². The fourth-order valence-corrected chi connectivity index (χ4v) is 2.47. The molecule has 0 radical (unpaired) electrons. The molecule has 2 atom stereocenters. The topological polar surface area (TPSA) is 58.2 Å². The van der Waals surface area contributed by atoms with Crippen LogP contribution in [0.5, 0.6) is 0 Å². The minimum atomic E-state index is -0.287. The molecule has 2 amide bonds. The zero-order chi connectivity index (χ0) is 17.4. The van der Waals surface area contributed by atoms with E-state index in [1.54, 1.807) is 0 Å². The van der Waals surface area contributed by atoms with Crippen molar-refractivity contribution in [3.63, 3.8) is 0 Å². The normalized spacial score (nSPS) is 13.5. The van der Waals surface area contributed by atoms with Gasteiger partial charge in [0.15, 0.2) is 0 Å². The van der Waals surface area contributed by atoms with Crippen molar-refractivity contribution in [1.82, 2.24) is 10.6 Å². The lowest BCUT2D eigenvalue weighted by Gasteiger charge is -2.20. The van der Waals surface area contributed by atoms with Gasteiger partial charge in [0.2, 0.25) is 11.8 Å². The molecule has 128 valence electrons. The molecule has 0 unspecified atom stereocenters. The molecule has 0 saturated heterocycles. The quantitative estimate of drug-likeness (QED) is 0.770. The summed E-state index contributed by atoms with van der Waals surface area (Å²) in [6.07, 6.45) is 2.32. The van der Waals surface area contributed by atoms with Crippen molar-refractivity contribution in [2.45, 2.75) is 66.0 Å². The van der Waals surface area contributed by atoms with Crippen LogP contribution in [0.4, 0.5) is 0 Å². The third-order valence-corrected chi connectivity index (χ3v) is 3.83. The van der Waals surface area contributed by atoms with E-state index in [1.165, 1.54) is 6.92 Å². The van der Waals surface area contributed by atoms with Gasteiger partial charge in [-0.1, -0.05) is 43.7 Å². The Kier molecular flexibility index (Phi) is 7.79. The highest BCUT2D eigenvalue weighted by Crippen LogP contribution is 2.18. The van der Waals surface area contributed by atoms with E-state index in [9.17, 15) is 9.59 Å². The summed E-state index contributed by atoms with van der Waals surface area (Å²) in [5.74, 6) is 0.478. The van der Waals surface area contributed by atoms with Gasteiger partial charge in [-0.2, -0.15) is 0 Å². The van der Waals surface area contributed by atoms with E-state index in [0.717, 1.165) is 24.0 Å². The largest absolute Gasteiger partial charge is 0.354 e. The molecule has 0 bridgehead atoms. The molecule has 0 aliphatic rings. The maximum atomic E-state index is 12.3. The lowest BCUT2D eigenvalue weighted by molar-refractivity contribution is -0.123. The van der Waals surface area contributed by atoms with Crippen LogP contribution in [0.1, 0.15) is 64.1 Å². The molecule has 23 heavy (non-hydrogen) atoms. The van der Waals surface area contributed by atoms with Crippen molar-refractivity contribution in [1.29, 1.82) is 0 Å². The molecule has 0 heterocycles. The Morgan fingerprint density at radius 1 is 1.00 bits per heavy atom. The molecule has 0 aliphatic carbocycles. The van der Waals surface area contributed by atoms with E-state index < -0.39 is 0 Å². The first-order chi connectivity index (χ1) is 10.8. The second-order valence-corrected chi connectivity index (χ2v) is 6.81. The van der Waals surface area contributed by atoms with E-state index in [2.05, 4.69) is 24.5 Å². The van der Waals surface area contributed by atoms with Gasteiger partial charge < -0.3 is 10.6 Å². The average Bonchev–Trinajstić information content (AvgIpc) is 2.44. The summed E-state index contributed by atoms with van der Waals surface area (Å²) in [6, 6.07) is 7.78. The fourth-order valence-electron chi connectivity index (χ4n) is 2.47. The van der Waals surface area contributed by atoms with Crippen LogP contribution in [0, 0.1) is 12.8 Å². The first-order valence-corrected chi connectivity index (χ1v) is 8.41. The molecular weight excluding hydrogens is 288 g/mol. The van der Waals surface area contributed by atoms with Gasteiger partial charge in [0.05, 0.1) is 12.5 Å². The third-order valence-electron chi connectivity index (χ3n) is 3.83. The maximum absolute atomic E-state index is 12.3. The number of carbonyl (C=O) groups is 2. The van der Waals surface area contributed by atoms with Crippen LogP contribution in [0.15, 0.2) is 24.3 Å². The summed E-state index contributed by atoms with van der Waals surface area (Å²) in [5, 5.41) is 5.90. The van der Waals surface area contributed by atoms with E-state index in [1.807, 2.05) is 38.1 Å². The van der Waals surface area contributed by atoms with Gasteiger partial charge in [-0.15, -0.1) is 0 Å². The number of rotatable bonds is 8. The first-order valence-electron chi connectivity index (χ1n) is 8.41. The summed E-state index contributed by atoms with van der Waals surface area (Å²) >= 11 is 0. The zero-order valence-electron chi connectivity index (χ0n) is 15.0. The lowest BCUT2D eigenvalue weighted by atomic mass is 10.0. The lowest BCUT2D eigenvalue weighted by Crippen LogP contribution is -2.36. The predicted octanol–water partition coefficient (Wildman–Crippen LogP) is 3.50. The maximum Gasteiger partial charge on any atom is 0.222 e. The van der Waals surface area contributed by atoms with Gasteiger partial charge >= 0.3 is 0 Å². The number of hydrogen-bond acceptors (Lipinski definition) is 2. The van der Waals surface area contributed by atoms with Crippen molar-refractivity contribution in [3.05, 3.63) is 35.4 Å². The molecule has 0 fully saturated rings. The average molecular weight is 318 g/mol. The standard InChI is InChI=1S/C19H30N2O2/c1-13(2)6-9-15(4)20-19(23)12-18(21-16(5)22)17-10-7-14(3)8-11-17/h7-8,10-11,13,15,18H,6,9,12H2,1-5H3,(H,20,23)(H,21,22)/t15-,18+/m1/s1. The number of nitrogens with one attached hydrogen (secondary N) is 2. The molecule has 0 aliphatic heterocycles. The van der Waals surface area contributed by atoms with Crippen molar-refractivity contribution in [2.75, 3.05) is 0 Å². The van der Waals surface area contributed by atoms with E-state index >= 15 is 0 Å². The summed E-state index contributed by atoms with van der Waals surface area (Å²) in [4.78, 5) is 23.7. The van der Waals surface area contributed by atoms with E-state index in [0.29, 0.717) is 5.92 Å². The summed E-state index contributed by atoms with van der Waals surface area (Å²) < 4.78 is 0. The highest BCUT2D eigenvalue weighted by molar-refractivity contribution is 5.79. The molecule has 1 rings (SSSR count). The summed E-state index contributed by atoms with van der Waals surface area (Å²) in [5.41, 5.74) is 2.11. The van der Waals surface area contributed by atoms with E-state index in [-0.39, 0.29) is 30.3 Å². The zero-order valence-corrected chi connectivity index (χ0v) is 15.0. The highest BCUT2D eigenvalue weighted by Gasteiger charge is 2.18. The fraction of sp³-hybridized carbons (Fsp3) is 0.579. The second-order valence-electron chi connectivity index (χ2n) is 6.81. The molecule has 1 aromatic carbocycles. The van der Waals surface area contributed by atoms with Gasteiger partial charge in [-0.05, 0) is 38.2 Å². The summed E-state index contributed by atoms with van der Waals surface area (Å²) in [6.45, 7) is 9.88. The Labute approximate surface area is 140 Å². The Hall–Kier alpha value is -1.84. The van der Waals surface area contributed by atoms with E-state index in [4.69, 9.17) is 0 Å². The molecule has 0 spiro atoms. The minimum Gasteiger partial charge on any atom is -0.354 e. The smallest absolute Gasteiger partial charge is 0.222 e. The van der Waals surface area contributed by atoms with Crippen LogP contribution in [0.25, 0.3) is 0 Å². The molecule has 1 aromatic rings. The van der Waals surface area contributed by atoms with Crippen molar-refractivity contribution in [3.8, 4) is 0 Å². The Bertz CT molecular complexity index is 509. The van der Waals surface area contributed by atoms with Crippen molar-refractivity contribution < 1.29 is 9.59 Å². The minimum absolute atomic E-state index is 0.0272. The van der Waals surface area contributed by atoms with Crippen LogP contribution in [0.2, 0.25) is 0 Å². The predicted molar refractivity (Wildman–Crippen MR) is 94.0 cm³/mol. The van der Waals surface area contributed by atoms with Crippen LogP contribution in [-0.2, 0) is 9.59 Å². The number of carbonyl (C=O) groups excluding carboxylic acids is 2. The number of aryl methyl sites for hydroxylation is 1. The molecule has 4 heteroatoms. The number of hydrogen-bond donors (Lipinski definition) is 2. The third kappa shape index (κ3) is 7.82. The van der Waals surface area contributed by atoms with Crippen LogP contribution >= 0.6 is 0 Å². The first kappa shape index (κ1) is 19.2. The van der Waals surface area contributed by atoms with Crippen molar-refractivity contribution in [2.24, 2.45) is 5.92 Å². The van der Waals surface area contributed by atoms with Gasteiger partial charge in [0.25, 0.3) is 0 Å². The molecule has 2 N–H and O–H groups in total. The Morgan fingerprint density at radius 2 is 1.61 bits per heavy atom. The van der Waals surface area contributed by atoms with Crippen LogP contribution in [-0.4, -0.2) is 17.9 Å². The Balaban J connectivity index is 2.64. The van der Waals surface area contributed by atoms with Gasteiger partial charge in [-0.3, -0.25) is 9.59 Å². The van der Waals surface area contributed by atoms with Crippen LogP contribution in [0.3, 0.4) is 0 Å². The SMILES string of the molecule is CC(=O)N[C@@H](CC(=O)N[C@H](C)CCC(C)C)c1ccc(C)cc1. The summed E-state index contributed by atoms with van der Waals surface area (Å²) in [7, 11) is 0. The molecule has 4 nitrogen and oxygen atoms in total. The van der Waals surface area contributed by atoms with Gasteiger partial charge in [0, 0.05) is 13.0 Å². The molecular formula is C19H30N2O2. The molecule has 0 aromatic heterocycles. The highest BCUT2D eigenvalue weighted by atomic mass is 16.2. The van der Waals surface area contributed by atoms with Crippen LogP contribution < -0.4 is 10.6 Å². The second kappa shape index (κ2) is 9.33. The monoisotopic (exact) mass is 318 g/mol. The number of amides is 2. The Morgan fingerprint density at radius 3 is 2.13 bits per heavy atom. The number of benzene rings is 1. The van der Waals surface area contributed by atoms with Gasteiger partial charge in [0.1, 0.15) is 0 Å². The molecule has 0 saturated carbocycles.